The molecule has 0 spiro atoms. The van der Waals surface area contributed by atoms with Crippen molar-refractivity contribution in [3.63, 3.8) is 0 Å². The molecule has 2 aromatic rings. The summed E-state index contributed by atoms with van der Waals surface area (Å²) in [6.45, 7) is 6.77. The van der Waals surface area contributed by atoms with Crippen LogP contribution in [0.5, 0.6) is 5.75 Å². The van der Waals surface area contributed by atoms with Crippen molar-refractivity contribution < 1.29 is 9.84 Å². The molecule has 3 rings (SSSR count). The van der Waals surface area contributed by atoms with E-state index in [1.54, 1.807) is 19.5 Å². The Morgan fingerprint density at radius 1 is 1.14 bits per heavy atom. The van der Waals surface area contributed by atoms with Crippen LogP contribution in [0.2, 0.25) is 0 Å². The Hall–Kier alpha value is -2.07. The first-order valence-electron chi connectivity index (χ1n) is 9.71. The number of pyridine rings is 1. The van der Waals surface area contributed by atoms with E-state index in [0.29, 0.717) is 6.54 Å². The van der Waals surface area contributed by atoms with Crippen molar-refractivity contribution >= 4 is 35.6 Å². The smallest absolute Gasteiger partial charge is 0.194 e. The van der Waals surface area contributed by atoms with Gasteiger partial charge in [-0.25, -0.2) is 0 Å². The minimum absolute atomic E-state index is 0. The van der Waals surface area contributed by atoms with Crippen molar-refractivity contribution in [3.8, 4) is 5.75 Å². The summed E-state index contributed by atoms with van der Waals surface area (Å²) in [4.78, 5) is 13.3. The van der Waals surface area contributed by atoms with E-state index in [9.17, 15) is 5.11 Å². The second-order valence-corrected chi connectivity index (χ2v) is 6.66. The maximum atomic E-state index is 10.4. The van der Waals surface area contributed by atoms with Crippen LogP contribution in [0.3, 0.4) is 0 Å². The molecule has 0 radical (unpaired) electrons. The average molecular weight is 511 g/mol. The zero-order valence-corrected chi connectivity index (χ0v) is 19.3. The zero-order chi connectivity index (χ0) is 19.8. The highest BCUT2D eigenvalue weighted by Crippen LogP contribution is 2.20. The van der Waals surface area contributed by atoms with Gasteiger partial charge < -0.3 is 25.0 Å². The number of aliphatic imine (C=N–C) groups is 1. The first-order valence-corrected chi connectivity index (χ1v) is 9.71. The minimum Gasteiger partial charge on any atom is -0.497 e. The first kappa shape index (κ1) is 23.2. The number of piperazine rings is 1. The van der Waals surface area contributed by atoms with E-state index in [4.69, 9.17) is 4.74 Å². The molecular formula is C21H30IN5O2. The normalized spacial score (nSPS) is 15.5. The molecule has 1 unspecified atom stereocenters. The standard InChI is InChI=1S/C21H29N5O2.HI/c1-3-23-21(24-16-20(27)17-8-10-22-11-9-17)26-14-12-25(13-15-26)18-4-6-19(28-2)7-5-18;/h4-11,20,27H,3,12-16H2,1-2H3,(H,23,24);1H. The van der Waals surface area contributed by atoms with Crippen LogP contribution in [-0.4, -0.2) is 67.3 Å². The van der Waals surface area contributed by atoms with Crippen LogP contribution >= 0.6 is 24.0 Å². The Balaban J connectivity index is 0.00000300. The van der Waals surface area contributed by atoms with Gasteiger partial charge in [0.05, 0.1) is 19.8 Å². The number of aromatic nitrogens is 1. The fourth-order valence-corrected chi connectivity index (χ4v) is 3.26. The molecule has 0 saturated carbocycles. The number of guanidine groups is 1. The van der Waals surface area contributed by atoms with Gasteiger partial charge in [0.25, 0.3) is 0 Å². The monoisotopic (exact) mass is 511 g/mol. The third-order valence-corrected chi connectivity index (χ3v) is 4.86. The minimum atomic E-state index is -0.628. The summed E-state index contributed by atoms with van der Waals surface area (Å²) in [5.41, 5.74) is 2.04. The van der Waals surface area contributed by atoms with Crippen LogP contribution in [0.15, 0.2) is 53.8 Å². The molecule has 29 heavy (non-hydrogen) atoms. The van der Waals surface area contributed by atoms with Crippen molar-refractivity contribution in [2.45, 2.75) is 13.0 Å². The topological polar surface area (TPSA) is 73.2 Å². The zero-order valence-electron chi connectivity index (χ0n) is 17.0. The van der Waals surface area contributed by atoms with Crippen molar-refractivity contribution in [2.75, 3.05) is 51.3 Å². The molecule has 0 amide bonds. The average Bonchev–Trinajstić information content (AvgIpc) is 2.77. The van der Waals surface area contributed by atoms with Crippen LogP contribution < -0.4 is 15.0 Å². The highest BCUT2D eigenvalue weighted by molar-refractivity contribution is 14.0. The molecule has 1 fully saturated rings. The van der Waals surface area contributed by atoms with Crippen molar-refractivity contribution in [2.24, 2.45) is 4.99 Å². The number of aliphatic hydroxyl groups excluding tert-OH is 1. The van der Waals surface area contributed by atoms with Crippen molar-refractivity contribution in [1.29, 1.82) is 0 Å². The molecule has 0 bridgehead atoms. The van der Waals surface area contributed by atoms with Crippen LogP contribution in [-0.2, 0) is 0 Å². The Morgan fingerprint density at radius 2 is 1.79 bits per heavy atom. The fraction of sp³-hybridized carbons (Fsp3) is 0.429. The summed E-state index contributed by atoms with van der Waals surface area (Å²) < 4.78 is 5.24. The number of methoxy groups -OCH3 is 1. The molecule has 7 nitrogen and oxygen atoms in total. The quantitative estimate of drug-likeness (QED) is 0.353. The molecule has 2 heterocycles. The van der Waals surface area contributed by atoms with E-state index in [1.807, 2.05) is 24.3 Å². The number of hydrogen-bond donors (Lipinski definition) is 2. The number of ether oxygens (including phenoxy) is 1. The van der Waals surface area contributed by atoms with Gasteiger partial charge in [-0.3, -0.25) is 9.98 Å². The maximum Gasteiger partial charge on any atom is 0.194 e. The third kappa shape index (κ3) is 6.46. The van der Waals surface area contributed by atoms with Gasteiger partial charge in [0, 0.05) is 50.8 Å². The molecular weight excluding hydrogens is 481 g/mol. The molecule has 158 valence electrons. The number of anilines is 1. The summed E-state index contributed by atoms with van der Waals surface area (Å²) in [6.07, 6.45) is 2.75. The Labute approximate surface area is 189 Å². The van der Waals surface area contributed by atoms with Gasteiger partial charge in [0.2, 0.25) is 0 Å². The van der Waals surface area contributed by atoms with Gasteiger partial charge in [-0.15, -0.1) is 24.0 Å². The van der Waals surface area contributed by atoms with E-state index in [0.717, 1.165) is 50.0 Å². The third-order valence-electron chi connectivity index (χ3n) is 4.86. The number of nitrogens with zero attached hydrogens (tertiary/aromatic N) is 4. The molecule has 1 aliphatic rings. The van der Waals surface area contributed by atoms with Gasteiger partial charge in [-0.05, 0) is 48.9 Å². The number of nitrogens with one attached hydrogen (secondary N) is 1. The highest BCUT2D eigenvalue weighted by Gasteiger charge is 2.20. The summed E-state index contributed by atoms with van der Waals surface area (Å²) >= 11 is 0. The number of hydrogen-bond acceptors (Lipinski definition) is 5. The van der Waals surface area contributed by atoms with E-state index < -0.39 is 6.10 Å². The fourth-order valence-electron chi connectivity index (χ4n) is 3.26. The number of benzene rings is 1. The predicted molar refractivity (Wildman–Crippen MR) is 127 cm³/mol. The number of aliphatic hydroxyl groups is 1. The van der Waals surface area contributed by atoms with Crippen LogP contribution in [0.4, 0.5) is 5.69 Å². The molecule has 2 N–H and O–H groups in total. The largest absolute Gasteiger partial charge is 0.497 e. The Bertz CT molecular complexity index is 749. The number of halogens is 1. The van der Waals surface area contributed by atoms with Gasteiger partial charge in [0.1, 0.15) is 5.75 Å². The van der Waals surface area contributed by atoms with Crippen molar-refractivity contribution in [1.82, 2.24) is 15.2 Å². The molecule has 8 heteroatoms. The van der Waals surface area contributed by atoms with E-state index in [2.05, 4.69) is 44.1 Å². The lowest BCUT2D eigenvalue weighted by Crippen LogP contribution is -2.52. The lowest BCUT2D eigenvalue weighted by atomic mass is 10.1. The van der Waals surface area contributed by atoms with Crippen molar-refractivity contribution in [3.05, 3.63) is 54.4 Å². The summed E-state index contributed by atoms with van der Waals surface area (Å²) in [5, 5.41) is 13.7. The van der Waals surface area contributed by atoms with E-state index in [1.165, 1.54) is 5.69 Å². The van der Waals surface area contributed by atoms with E-state index >= 15 is 0 Å². The SMILES string of the molecule is CCNC(=NCC(O)c1ccncc1)N1CCN(c2ccc(OC)cc2)CC1.I. The molecule has 0 aliphatic carbocycles. The van der Waals surface area contributed by atoms with E-state index in [-0.39, 0.29) is 24.0 Å². The Morgan fingerprint density at radius 3 is 2.38 bits per heavy atom. The molecule has 1 aromatic carbocycles. The second-order valence-electron chi connectivity index (χ2n) is 6.66. The van der Waals surface area contributed by atoms with Crippen LogP contribution in [0.25, 0.3) is 0 Å². The maximum absolute atomic E-state index is 10.4. The lowest BCUT2D eigenvalue weighted by Gasteiger charge is -2.37. The van der Waals surface area contributed by atoms with Gasteiger partial charge in [-0.1, -0.05) is 0 Å². The molecule has 1 atom stereocenters. The summed E-state index contributed by atoms with van der Waals surface area (Å²) in [7, 11) is 1.68. The second kappa shape index (κ2) is 11.8. The number of rotatable bonds is 6. The van der Waals surface area contributed by atoms with Gasteiger partial charge >= 0.3 is 0 Å². The predicted octanol–water partition coefficient (Wildman–Crippen LogP) is 2.53. The summed E-state index contributed by atoms with van der Waals surface area (Å²) in [5.74, 6) is 1.72. The first-order chi connectivity index (χ1) is 13.7. The Kier molecular flexibility index (Phi) is 9.46. The van der Waals surface area contributed by atoms with Gasteiger partial charge in [0.15, 0.2) is 5.96 Å². The summed E-state index contributed by atoms with van der Waals surface area (Å²) in [6, 6.07) is 11.8. The molecule has 1 aliphatic heterocycles. The van der Waals surface area contributed by atoms with Crippen LogP contribution in [0.1, 0.15) is 18.6 Å². The van der Waals surface area contributed by atoms with Gasteiger partial charge in [-0.2, -0.15) is 0 Å². The lowest BCUT2D eigenvalue weighted by molar-refractivity contribution is 0.186. The van der Waals surface area contributed by atoms with Crippen LogP contribution in [0, 0.1) is 0 Å². The highest BCUT2D eigenvalue weighted by atomic mass is 127. The molecule has 1 aromatic heterocycles. The molecule has 1 saturated heterocycles.